The van der Waals surface area contributed by atoms with E-state index in [1.165, 1.54) is 0 Å². The van der Waals surface area contributed by atoms with Crippen LogP contribution in [0.1, 0.15) is 6.42 Å². The summed E-state index contributed by atoms with van der Waals surface area (Å²) < 4.78 is 0. The number of carboxylic acid groups (broad SMARTS) is 2. The molecule has 0 aliphatic rings. The summed E-state index contributed by atoms with van der Waals surface area (Å²) in [5.74, 6) is -2.62. The van der Waals surface area contributed by atoms with Gasteiger partial charge in [0, 0.05) is 21.1 Å². The smallest absolute Gasteiger partial charge is 0.314 e. The fraction of sp³-hybridized carbons (Fsp3) is 0.333. The molecule has 0 fully saturated rings. The largest absolute Gasteiger partial charge is 0.481 e. The van der Waals surface area contributed by atoms with Gasteiger partial charge in [-0.2, -0.15) is 0 Å². The number of rotatable bonds is 2. The van der Waals surface area contributed by atoms with E-state index in [0.29, 0.717) is 0 Å². The predicted molar refractivity (Wildman–Crippen MR) is 27.1 cm³/mol. The van der Waals surface area contributed by atoms with Gasteiger partial charge in [0.25, 0.3) is 0 Å². The van der Waals surface area contributed by atoms with Gasteiger partial charge in [0.2, 0.25) is 0 Å². The van der Waals surface area contributed by atoms with Gasteiger partial charge in [-0.25, -0.2) is 0 Å². The summed E-state index contributed by atoms with van der Waals surface area (Å²) in [5.41, 5.74) is 0. The Bertz CT molecular complexity index is 89.2. The molecule has 0 bridgehead atoms. The van der Waals surface area contributed by atoms with Crippen LogP contribution in [-0.4, -0.2) is 33.1 Å². The Hall–Kier alpha value is -0.452. The van der Waals surface area contributed by atoms with Gasteiger partial charge in [-0.1, -0.05) is 0 Å². The first-order valence-corrected chi connectivity index (χ1v) is 1.56. The minimum absolute atomic E-state index is 0. The van der Waals surface area contributed by atoms with Gasteiger partial charge < -0.3 is 21.2 Å². The number of carbonyl (C=O) groups is 2. The third-order valence-electron chi connectivity index (χ3n) is 0.302. The van der Waals surface area contributed by atoms with Gasteiger partial charge in [0.05, 0.1) is 0 Å². The van der Waals surface area contributed by atoms with E-state index < -0.39 is 18.4 Å². The van der Waals surface area contributed by atoms with Crippen LogP contribution in [0.5, 0.6) is 0 Å². The van der Waals surface area contributed by atoms with E-state index >= 15 is 0 Å². The average Bonchev–Trinajstić information content (AvgIpc) is 1.27. The Kier molecular flexibility index (Phi) is 25.7. The predicted octanol–water partition coefficient (Wildman–Crippen LogP) is -2.11. The Labute approximate surface area is 70.7 Å². The Morgan fingerprint density at radius 3 is 1.20 bits per heavy atom. The summed E-state index contributed by atoms with van der Waals surface area (Å²) in [5, 5.41) is 15.4. The second-order valence-corrected chi connectivity index (χ2v) is 0.964. The third kappa shape index (κ3) is 25.7. The maximum Gasteiger partial charge on any atom is 0.314 e. The summed E-state index contributed by atoms with van der Waals surface area (Å²) in [6.45, 7) is 0. The normalized spacial score (nSPS) is 5.60. The van der Waals surface area contributed by atoms with Gasteiger partial charge in [0.15, 0.2) is 0 Å². The average molecular weight is 335 g/mol. The summed E-state index contributed by atoms with van der Waals surface area (Å²) in [7, 11) is 0. The van der Waals surface area contributed by atoms with Crippen molar-refractivity contribution >= 4 is 11.9 Å². The van der Waals surface area contributed by atoms with E-state index in [-0.39, 0.29) is 32.0 Å². The van der Waals surface area contributed by atoms with Crippen molar-refractivity contribution in [3.8, 4) is 0 Å². The van der Waals surface area contributed by atoms with Crippen molar-refractivity contribution in [2.75, 3.05) is 0 Å². The molecule has 0 aromatic carbocycles. The molecule has 0 spiro atoms. The van der Waals surface area contributed by atoms with Crippen molar-refractivity contribution in [1.29, 1.82) is 0 Å². The Morgan fingerprint density at radius 1 is 1.00 bits per heavy atom. The molecular formula is C3H8O6Pt. The quantitative estimate of drug-likeness (QED) is 0.558. The Morgan fingerprint density at radius 2 is 1.20 bits per heavy atom. The van der Waals surface area contributed by atoms with Gasteiger partial charge in [-0.15, -0.1) is 0 Å². The van der Waals surface area contributed by atoms with Gasteiger partial charge in [0.1, 0.15) is 6.42 Å². The van der Waals surface area contributed by atoms with Gasteiger partial charge in [-0.3, -0.25) is 9.59 Å². The molecule has 7 heteroatoms. The standard InChI is InChI=1S/C3H4O4.2H2O.Pt/c4-2(5)1-3(6)7;;;/h1H2,(H,4,5)(H,6,7);2*1H2;. The number of carboxylic acids is 2. The van der Waals surface area contributed by atoms with Crippen LogP contribution in [0.4, 0.5) is 0 Å². The molecule has 0 aromatic heterocycles. The molecule has 0 saturated carbocycles. The molecule has 66 valence electrons. The topological polar surface area (TPSA) is 138 Å². The fourth-order valence-corrected chi connectivity index (χ4v) is 0.129. The second kappa shape index (κ2) is 11.4. The zero-order valence-corrected chi connectivity index (χ0v) is 7.01. The van der Waals surface area contributed by atoms with Crippen LogP contribution in [0.2, 0.25) is 0 Å². The molecule has 0 saturated heterocycles. The van der Waals surface area contributed by atoms with Crippen LogP contribution in [0.25, 0.3) is 0 Å². The number of hydrogen-bond acceptors (Lipinski definition) is 2. The van der Waals surface area contributed by atoms with Crippen LogP contribution >= 0.6 is 0 Å². The first-order chi connectivity index (χ1) is 3.13. The first kappa shape index (κ1) is 22.7. The SMILES string of the molecule is O.O.O=C(O)CC(=O)O.[Pt]. The van der Waals surface area contributed by atoms with E-state index in [1.807, 2.05) is 0 Å². The van der Waals surface area contributed by atoms with Crippen LogP contribution in [0.3, 0.4) is 0 Å². The van der Waals surface area contributed by atoms with Crippen molar-refractivity contribution in [3.05, 3.63) is 0 Å². The van der Waals surface area contributed by atoms with Crippen molar-refractivity contribution in [2.45, 2.75) is 6.42 Å². The van der Waals surface area contributed by atoms with Crippen molar-refractivity contribution in [2.24, 2.45) is 0 Å². The summed E-state index contributed by atoms with van der Waals surface area (Å²) in [6.07, 6.45) is -0.806. The molecule has 0 atom stereocenters. The van der Waals surface area contributed by atoms with Crippen LogP contribution < -0.4 is 0 Å². The maximum atomic E-state index is 9.43. The van der Waals surface area contributed by atoms with Crippen molar-refractivity contribution in [3.63, 3.8) is 0 Å². The Balaban J connectivity index is -0.0000000600. The molecule has 10 heavy (non-hydrogen) atoms. The zero-order chi connectivity index (χ0) is 5.86. The van der Waals surface area contributed by atoms with E-state index in [9.17, 15) is 9.59 Å². The molecular weight excluding hydrogens is 327 g/mol. The molecule has 0 amide bonds. The molecule has 0 unspecified atom stereocenters. The number of aliphatic carboxylic acids is 2. The second-order valence-electron chi connectivity index (χ2n) is 0.964. The van der Waals surface area contributed by atoms with Crippen LogP contribution in [-0.2, 0) is 30.7 Å². The third-order valence-corrected chi connectivity index (χ3v) is 0.302. The molecule has 0 aliphatic carbocycles. The monoisotopic (exact) mass is 335 g/mol. The van der Waals surface area contributed by atoms with E-state index in [0.717, 1.165) is 0 Å². The van der Waals surface area contributed by atoms with Gasteiger partial charge >= 0.3 is 11.9 Å². The summed E-state index contributed by atoms with van der Waals surface area (Å²) >= 11 is 0. The van der Waals surface area contributed by atoms with E-state index in [2.05, 4.69) is 0 Å². The first-order valence-electron chi connectivity index (χ1n) is 1.56. The van der Waals surface area contributed by atoms with E-state index in [4.69, 9.17) is 10.2 Å². The molecule has 0 heterocycles. The molecule has 6 nitrogen and oxygen atoms in total. The zero-order valence-electron chi connectivity index (χ0n) is 4.73. The minimum Gasteiger partial charge on any atom is -0.481 e. The van der Waals surface area contributed by atoms with Gasteiger partial charge in [-0.05, 0) is 0 Å². The maximum absolute atomic E-state index is 9.43. The molecule has 6 N–H and O–H groups in total. The summed E-state index contributed by atoms with van der Waals surface area (Å²) in [6, 6.07) is 0. The van der Waals surface area contributed by atoms with Crippen LogP contribution in [0.15, 0.2) is 0 Å². The van der Waals surface area contributed by atoms with Crippen molar-refractivity contribution < 1.29 is 51.8 Å². The molecule has 0 rings (SSSR count). The fourth-order valence-electron chi connectivity index (χ4n) is 0.129. The van der Waals surface area contributed by atoms with E-state index in [1.54, 1.807) is 0 Å². The minimum atomic E-state index is -1.31. The molecule has 0 aliphatic heterocycles. The van der Waals surface area contributed by atoms with Crippen molar-refractivity contribution in [1.82, 2.24) is 0 Å². The summed E-state index contributed by atoms with van der Waals surface area (Å²) in [4.78, 5) is 18.9. The van der Waals surface area contributed by atoms with Crippen LogP contribution in [0, 0.1) is 0 Å². The molecule has 0 aromatic rings. The molecule has 0 radical (unpaired) electrons. The number of hydrogen-bond donors (Lipinski definition) is 2.